The molecule has 2 atom stereocenters. The van der Waals surface area contributed by atoms with E-state index in [0.717, 1.165) is 18.4 Å². The molecule has 3 nitrogen and oxygen atoms in total. The van der Waals surface area contributed by atoms with Gasteiger partial charge in [-0.05, 0) is 36.1 Å². The van der Waals surface area contributed by atoms with Crippen LogP contribution in [-0.2, 0) is 14.5 Å². The first-order chi connectivity index (χ1) is 15.2. The van der Waals surface area contributed by atoms with Gasteiger partial charge in [0.05, 0.1) is 6.61 Å². The van der Waals surface area contributed by atoms with Crippen molar-refractivity contribution in [1.29, 1.82) is 0 Å². The summed E-state index contributed by atoms with van der Waals surface area (Å²) < 4.78 is 6.00. The molecule has 1 fully saturated rings. The third-order valence-electron chi connectivity index (χ3n) is 5.91. The van der Waals surface area contributed by atoms with Crippen LogP contribution in [0.1, 0.15) is 77.2 Å². The van der Waals surface area contributed by atoms with Crippen LogP contribution in [0.4, 0.5) is 0 Å². The standard InChI is InChI=1S/C28H38O3/c1-3-4-5-6-7-8-9-13-22-28(2)29-23-27(30-31-28)21-18-24-16-19-26(20-17-24)25-14-11-10-12-15-25/h10-12,14-21,27H,3-9,13,22-23H2,1-2H3. The summed E-state index contributed by atoms with van der Waals surface area (Å²) in [5, 5.41) is 0. The molecule has 168 valence electrons. The number of ether oxygens (including phenoxy) is 1. The predicted octanol–water partition coefficient (Wildman–Crippen LogP) is 7.96. The Labute approximate surface area is 188 Å². The fourth-order valence-electron chi connectivity index (χ4n) is 3.89. The van der Waals surface area contributed by atoms with E-state index >= 15 is 0 Å². The first-order valence-corrected chi connectivity index (χ1v) is 12.0. The van der Waals surface area contributed by atoms with Crippen LogP contribution in [0.5, 0.6) is 0 Å². The average Bonchev–Trinajstić information content (AvgIpc) is 2.81. The Kier molecular flexibility index (Phi) is 9.80. The number of hydrogen-bond donors (Lipinski definition) is 0. The minimum absolute atomic E-state index is 0.180. The Morgan fingerprint density at radius 1 is 0.839 bits per heavy atom. The van der Waals surface area contributed by atoms with Crippen molar-refractivity contribution in [2.75, 3.05) is 6.61 Å². The number of hydrogen-bond acceptors (Lipinski definition) is 3. The van der Waals surface area contributed by atoms with Crippen LogP contribution in [0.3, 0.4) is 0 Å². The second kappa shape index (κ2) is 12.8. The molecule has 0 saturated carbocycles. The molecule has 2 aromatic rings. The van der Waals surface area contributed by atoms with Crippen molar-refractivity contribution in [3.8, 4) is 11.1 Å². The Morgan fingerprint density at radius 3 is 2.13 bits per heavy atom. The molecule has 2 unspecified atom stereocenters. The van der Waals surface area contributed by atoms with Crippen molar-refractivity contribution in [2.24, 2.45) is 0 Å². The van der Waals surface area contributed by atoms with Crippen molar-refractivity contribution in [3.63, 3.8) is 0 Å². The van der Waals surface area contributed by atoms with Gasteiger partial charge in [0.2, 0.25) is 0 Å². The molecule has 2 aromatic carbocycles. The normalized spacial score (nSPS) is 21.5. The smallest absolute Gasteiger partial charge is 0.198 e. The van der Waals surface area contributed by atoms with Crippen LogP contribution >= 0.6 is 0 Å². The van der Waals surface area contributed by atoms with Crippen LogP contribution < -0.4 is 0 Å². The van der Waals surface area contributed by atoms with E-state index in [2.05, 4.69) is 61.5 Å². The molecule has 0 amide bonds. The highest BCUT2D eigenvalue weighted by atomic mass is 17.2. The molecule has 1 saturated heterocycles. The van der Waals surface area contributed by atoms with E-state index in [9.17, 15) is 0 Å². The highest BCUT2D eigenvalue weighted by Crippen LogP contribution is 2.27. The molecule has 1 aliphatic rings. The van der Waals surface area contributed by atoms with Crippen LogP contribution in [0.15, 0.2) is 60.7 Å². The zero-order valence-corrected chi connectivity index (χ0v) is 19.2. The van der Waals surface area contributed by atoms with Gasteiger partial charge in [-0.2, -0.15) is 0 Å². The van der Waals surface area contributed by atoms with Gasteiger partial charge in [0, 0.05) is 6.42 Å². The molecule has 0 bridgehead atoms. The molecule has 3 rings (SSSR count). The maximum atomic E-state index is 6.00. The Hall–Kier alpha value is -1.94. The average molecular weight is 423 g/mol. The van der Waals surface area contributed by atoms with Crippen molar-refractivity contribution in [3.05, 3.63) is 66.2 Å². The van der Waals surface area contributed by atoms with Gasteiger partial charge >= 0.3 is 0 Å². The fraction of sp³-hybridized carbons (Fsp3) is 0.500. The maximum Gasteiger partial charge on any atom is 0.198 e. The summed E-state index contributed by atoms with van der Waals surface area (Å²) in [5.74, 6) is -0.621. The van der Waals surface area contributed by atoms with Gasteiger partial charge in [-0.1, -0.05) is 113 Å². The van der Waals surface area contributed by atoms with E-state index < -0.39 is 5.79 Å². The number of benzene rings is 2. The van der Waals surface area contributed by atoms with Gasteiger partial charge in [0.15, 0.2) is 5.79 Å². The van der Waals surface area contributed by atoms with Crippen LogP contribution in [-0.4, -0.2) is 18.5 Å². The van der Waals surface area contributed by atoms with Crippen molar-refractivity contribution in [2.45, 2.75) is 83.5 Å². The molecule has 31 heavy (non-hydrogen) atoms. The lowest BCUT2D eigenvalue weighted by molar-refractivity contribution is -0.475. The quantitative estimate of drug-likeness (QED) is 0.256. The monoisotopic (exact) mass is 422 g/mol. The highest BCUT2D eigenvalue weighted by Gasteiger charge is 2.33. The second-order valence-electron chi connectivity index (χ2n) is 8.73. The largest absolute Gasteiger partial charge is 0.344 e. The lowest BCUT2D eigenvalue weighted by Crippen LogP contribution is -2.42. The van der Waals surface area contributed by atoms with Crippen LogP contribution in [0.25, 0.3) is 17.2 Å². The summed E-state index contributed by atoms with van der Waals surface area (Å²) in [6.45, 7) is 4.76. The molecule has 0 aliphatic carbocycles. The predicted molar refractivity (Wildman–Crippen MR) is 128 cm³/mol. The molecule has 0 N–H and O–H groups in total. The van der Waals surface area contributed by atoms with E-state index in [4.69, 9.17) is 14.5 Å². The van der Waals surface area contributed by atoms with E-state index in [1.165, 1.54) is 56.1 Å². The van der Waals surface area contributed by atoms with Gasteiger partial charge < -0.3 is 4.74 Å². The summed E-state index contributed by atoms with van der Waals surface area (Å²) in [7, 11) is 0. The van der Waals surface area contributed by atoms with Crippen LogP contribution in [0.2, 0.25) is 0 Å². The second-order valence-corrected chi connectivity index (χ2v) is 8.73. The molecule has 1 aliphatic heterocycles. The third-order valence-corrected chi connectivity index (χ3v) is 5.91. The SMILES string of the molecule is CCCCCCCCCCC1(C)OCC(C=Cc2ccc(-c3ccccc3)cc2)OO1. The summed E-state index contributed by atoms with van der Waals surface area (Å²) in [6.07, 6.45) is 15.2. The topological polar surface area (TPSA) is 27.7 Å². The zero-order chi connectivity index (χ0) is 21.8. The molecule has 3 heteroatoms. The van der Waals surface area contributed by atoms with E-state index in [-0.39, 0.29) is 6.10 Å². The Bertz CT molecular complexity index is 759. The van der Waals surface area contributed by atoms with Gasteiger partial charge in [0.25, 0.3) is 0 Å². The summed E-state index contributed by atoms with van der Waals surface area (Å²) in [4.78, 5) is 11.2. The van der Waals surface area contributed by atoms with Gasteiger partial charge in [-0.3, -0.25) is 0 Å². The highest BCUT2D eigenvalue weighted by molar-refractivity contribution is 5.65. The molecule has 1 heterocycles. The lowest BCUT2D eigenvalue weighted by atomic mass is 10.0. The summed E-state index contributed by atoms with van der Waals surface area (Å²) >= 11 is 0. The van der Waals surface area contributed by atoms with Gasteiger partial charge in [-0.15, -0.1) is 0 Å². The van der Waals surface area contributed by atoms with Gasteiger partial charge in [-0.25, -0.2) is 9.78 Å². The number of unbranched alkanes of at least 4 members (excludes halogenated alkanes) is 7. The number of rotatable bonds is 12. The first-order valence-electron chi connectivity index (χ1n) is 12.0. The van der Waals surface area contributed by atoms with E-state index in [1.54, 1.807) is 0 Å². The molecule has 0 radical (unpaired) electrons. The molecule has 0 spiro atoms. The van der Waals surface area contributed by atoms with Crippen molar-refractivity contribution < 1.29 is 14.5 Å². The summed E-state index contributed by atoms with van der Waals surface area (Å²) in [6, 6.07) is 18.9. The lowest BCUT2D eigenvalue weighted by Gasteiger charge is -2.35. The minimum atomic E-state index is -0.621. The third kappa shape index (κ3) is 8.25. The molecular weight excluding hydrogens is 384 g/mol. The summed E-state index contributed by atoms with van der Waals surface area (Å²) in [5.41, 5.74) is 3.58. The van der Waals surface area contributed by atoms with Crippen LogP contribution in [0, 0.1) is 0 Å². The molecular formula is C28H38O3. The maximum absolute atomic E-state index is 6.00. The molecule has 0 aromatic heterocycles. The van der Waals surface area contributed by atoms with Gasteiger partial charge in [0.1, 0.15) is 6.10 Å². The van der Waals surface area contributed by atoms with Crippen molar-refractivity contribution >= 4 is 6.08 Å². The van der Waals surface area contributed by atoms with E-state index in [0.29, 0.717) is 6.61 Å². The minimum Gasteiger partial charge on any atom is -0.344 e. The Balaban J connectivity index is 1.35. The van der Waals surface area contributed by atoms with Crippen molar-refractivity contribution in [1.82, 2.24) is 0 Å². The first kappa shape index (κ1) is 23.7. The Morgan fingerprint density at radius 2 is 1.48 bits per heavy atom. The van der Waals surface area contributed by atoms with E-state index in [1.807, 2.05) is 19.1 Å². The zero-order valence-electron chi connectivity index (χ0n) is 19.2. The fourth-order valence-corrected chi connectivity index (χ4v) is 3.89.